The Hall–Kier alpha value is -2.95. The normalized spacial score (nSPS) is 15.2. The number of carboxylic acid groups (broad SMARTS) is 2. The molecule has 0 radical (unpaired) electrons. The molecule has 0 fully saturated rings. The molecule has 0 aromatic carbocycles. The van der Waals surface area contributed by atoms with Gasteiger partial charge in [-0.15, -0.1) is 0 Å². The summed E-state index contributed by atoms with van der Waals surface area (Å²) < 4.78 is 0. The van der Waals surface area contributed by atoms with Crippen LogP contribution in [0.1, 0.15) is 32.4 Å². The molecule has 0 spiro atoms. The third kappa shape index (κ3) is 7.05. The minimum atomic E-state index is -1.45. The van der Waals surface area contributed by atoms with Gasteiger partial charge < -0.3 is 31.6 Å². The van der Waals surface area contributed by atoms with Gasteiger partial charge in [0.15, 0.2) is 0 Å². The number of hydrogen-bond donors (Lipinski definition) is 6. The Balaban J connectivity index is 2.84. The summed E-state index contributed by atoms with van der Waals surface area (Å²) in [6.45, 7) is 3.59. The fourth-order valence-corrected chi connectivity index (χ4v) is 2.25. The summed E-state index contributed by atoms with van der Waals surface area (Å²) >= 11 is 0. The van der Waals surface area contributed by atoms with Gasteiger partial charge >= 0.3 is 11.9 Å². The van der Waals surface area contributed by atoms with E-state index in [2.05, 4.69) is 20.6 Å². The van der Waals surface area contributed by atoms with Crippen LogP contribution in [-0.2, 0) is 25.6 Å². The van der Waals surface area contributed by atoms with E-state index in [1.807, 2.05) is 6.92 Å². The van der Waals surface area contributed by atoms with Gasteiger partial charge in [0.25, 0.3) is 0 Å². The summed E-state index contributed by atoms with van der Waals surface area (Å²) in [6.07, 6.45) is 2.60. The molecule has 0 aliphatic heterocycles. The summed E-state index contributed by atoms with van der Waals surface area (Å²) in [5, 5.41) is 22.8. The topological polar surface area (TPSA) is 188 Å². The van der Waals surface area contributed by atoms with Crippen LogP contribution >= 0.6 is 0 Å². The smallest absolute Gasteiger partial charge is 0.326 e. The first kappa shape index (κ1) is 22.1. The van der Waals surface area contributed by atoms with Crippen LogP contribution in [-0.4, -0.2) is 62.1 Å². The summed E-state index contributed by atoms with van der Waals surface area (Å²) in [4.78, 5) is 53.5. The Labute approximate surface area is 155 Å². The molecule has 150 valence electrons. The van der Waals surface area contributed by atoms with Gasteiger partial charge in [0.05, 0.1) is 18.8 Å². The summed E-state index contributed by atoms with van der Waals surface area (Å²) in [7, 11) is 0. The van der Waals surface area contributed by atoms with E-state index in [4.69, 9.17) is 10.8 Å². The van der Waals surface area contributed by atoms with E-state index < -0.39 is 48.3 Å². The van der Waals surface area contributed by atoms with Gasteiger partial charge in [-0.25, -0.2) is 9.78 Å². The number of carboxylic acids is 2. The number of aromatic amines is 1. The lowest BCUT2D eigenvalue weighted by Crippen LogP contribution is -2.56. The second kappa shape index (κ2) is 10.3. The maximum absolute atomic E-state index is 12.4. The largest absolute Gasteiger partial charge is 0.481 e. The molecule has 1 aromatic rings. The molecule has 0 saturated carbocycles. The fraction of sp³-hybridized carbons (Fsp3) is 0.562. The van der Waals surface area contributed by atoms with Gasteiger partial charge in [-0.1, -0.05) is 20.3 Å². The molecule has 4 atom stereocenters. The number of aromatic nitrogens is 2. The van der Waals surface area contributed by atoms with Crippen LogP contribution in [0.5, 0.6) is 0 Å². The molecule has 2 amide bonds. The first-order chi connectivity index (χ1) is 12.6. The van der Waals surface area contributed by atoms with Crippen LogP contribution in [0.25, 0.3) is 0 Å². The monoisotopic (exact) mass is 383 g/mol. The number of imidazole rings is 1. The zero-order valence-electron chi connectivity index (χ0n) is 15.1. The van der Waals surface area contributed by atoms with Crippen molar-refractivity contribution in [3.8, 4) is 0 Å². The van der Waals surface area contributed by atoms with E-state index in [0.29, 0.717) is 12.1 Å². The lowest BCUT2D eigenvalue weighted by Gasteiger charge is -2.23. The number of aliphatic carboxylic acids is 2. The summed E-state index contributed by atoms with van der Waals surface area (Å²) in [6, 6.07) is -3.69. The number of nitrogens with one attached hydrogen (secondary N) is 3. The van der Waals surface area contributed by atoms with Gasteiger partial charge in [-0.3, -0.25) is 14.4 Å². The van der Waals surface area contributed by atoms with Crippen molar-refractivity contribution in [2.24, 2.45) is 11.7 Å². The van der Waals surface area contributed by atoms with Gasteiger partial charge in [-0.05, 0) is 5.92 Å². The minimum absolute atomic E-state index is 0.0821. The van der Waals surface area contributed by atoms with Gasteiger partial charge in [0.2, 0.25) is 11.8 Å². The van der Waals surface area contributed by atoms with Crippen molar-refractivity contribution < 1.29 is 29.4 Å². The average molecular weight is 383 g/mol. The maximum Gasteiger partial charge on any atom is 0.326 e. The highest BCUT2D eigenvalue weighted by molar-refractivity contribution is 5.94. The van der Waals surface area contributed by atoms with E-state index in [0.717, 1.165) is 0 Å². The van der Waals surface area contributed by atoms with Crippen molar-refractivity contribution in [1.29, 1.82) is 0 Å². The van der Waals surface area contributed by atoms with Crippen LogP contribution in [0, 0.1) is 5.92 Å². The van der Waals surface area contributed by atoms with Crippen LogP contribution in [0.15, 0.2) is 12.5 Å². The van der Waals surface area contributed by atoms with Crippen molar-refractivity contribution in [2.45, 2.75) is 51.2 Å². The first-order valence-electron chi connectivity index (χ1n) is 8.43. The summed E-state index contributed by atoms with van der Waals surface area (Å²) in [5.74, 6) is -4.41. The molecule has 1 rings (SSSR count). The molecule has 0 saturated heterocycles. The van der Waals surface area contributed by atoms with Crippen LogP contribution in [0.2, 0.25) is 0 Å². The van der Waals surface area contributed by atoms with Crippen LogP contribution in [0.3, 0.4) is 0 Å². The Morgan fingerprint density at radius 3 is 2.30 bits per heavy atom. The van der Waals surface area contributed by atoms with Crippen LogP contribution < -0.4 is 16.4 Å². The number of carbonyl (C=O) groups is 4. The Bertz CT molecular complexity index is 662. The molecule has 11 nitrogen and oxygen atoms in total. The molecule has 11 heteroatoms. The molecule has 0 aliphatic carbocycles. The van der Waals surface area contributed by atoms with Crippen molar-refractivity contribution in [1.82, 2.24) is 20.6 Å². The highest BCUT2D eigenvalue weighted by Crippen LogP contribution is 2.07. The molecule has 0 bridgehead atoms. The molecule has 27 heavy (non-hydrogen) atoms. The summed E-state index contributed by atoms with van der Waals surface area (Å²) in [5.41, 5.74) is 6.27. The number of rotatable bonds is 11. The van der Waals surface area contributed by atoms with E-state index in [-0.39, 0.29) is 12.3 Å². The van der Waals surface area contributed by atoms with Crippen molar-refractivity contribution in [2.75, 3.05) is 0 Å². The number of amides is 2. The molecular formula is C16H25N5O6. The SMILES string of the molecule is CC[C@H](C)[C@H](N)C(=O)N[C@@H](CC(=O)O)C(=O)N[C@@H](Cc1cnc[nH]1)C(=O)O. The Kier molecular flexibility index (Phi) is 8.39. The molecule has 0 unspecified atom stereocenters. The van der Waals surface area contributed by atoms with Gasteiger partial charge in [0, 0.05) is 18.3 Å². The minimum Gasteiger partial charge on any atom is -0.481 e. The number of hydrogen-bond acceptors (Lipinski definition) is 6. The molecular weight excluding hydrogens is 358 g/mol. The van der Waals surface area contributed by atoms with Crippen molar-refractivity contribution in [3.05, 3.63) is 18.2 Å². The van der Waals surface area contributed by atoms with Crippen molar-refractivity contribution >= 4 is 23.8 Å². The van der Waals surface area contributed by atoms with Gasteiger partial charge in [0.1, 0.15) is 12.1 Å². The fourth-order valence-electron chi connectivity index (χ4n) is 2.25. The number of H-pyrrole nitrogens is 1. The highest BCUT2D eigenvalue weighted by atomic mass is 16.4. The quantitative estimate of drug-likeness (QED) is 0.276. The Morgan fingerprint density at radius 1 is 1.19 bits per heavy atom. The second-order valence-electron chi connectivity index (χ2n) is 6.25. The molecule has 0 aliphatic rings. The van der Waals surface area contributed by atoms with E-state index in [9.17, 15) is 24.3 Å². The predicted molar refractivity (Wildman–Crippen MR) is 93.5 cm³/mol. The number of nitrogens with two attached hydrogens (primary N) is 1. The average Bonchev–Trinajstić information content (AvgIpc) is 3.11. The lowest BCUT2D eigenvalue weighted by molar-refractivity contribution is -0.143. The van der Waals surface area contributed by atoms with Crippen LogP contribution in [0.4, 0.5) is 0 Å². The number of nitrogens with zero attached hydrogens (tertiary/aromatic N) is 1. The van der Waals surface area contributed by atoms with E-state index in [1.54, 1.807) is 6.92 Å². The van der Waals surface area contributed by atoms with E-state index in [1.165, 1.54) is 12.5 Å². The zero-order valence-corrected chi connectivity index (χ0v) is 15.1. The third-order valence-corrected chi connectivity index (χ3v) is 4.16. The standard InChI is InChI=1S/C16H25N5O6/c1-3-8(2)13(17)15(25)20-10(5-12(22)23)14(24)21-11(16(26)27)4-9-6-18-7-19-9/h6-8,10-11,13H,3-5,17H2,1-2H3,(H,18,19)(H,20,25)(H,21,24)(H,22,23)(H,26,27)/t8-,10-,11-,13-/m0/s1. The predicted octanol–water partition coefficient (Wildman–Crippen LogP) is -1.15. The Morgan fingerprint density at radius 2 is 1.81 bits per heavy atom. The lowest BCUT2D eigenvalue weighted by atomic mass is 9.99. The molecule has 7 N–H and O–H groups in total. The van der Waals surface area contributed by atoms with Gasteiger partial charge in [-0.2, -0.15) is 0 Å². The number of carbonyl (C=O) groups excluding carboxylic acids is 2. The highest BCUT2D eigenvalue weighted by Gasteiger charge is 2.30. The van der Waals surface area contributed by atoms with E-state index >= 15 is 0 Å². The zero-order chi connectivity index (χ0) is 20.6. The van der Waals surface area contributed by atoms with Crippen molar-refractivity contribution in [3.63, 3.8) is 0 Å². The molecule has 1 heterocycles. The molecule has 1 aromatic heterocycles. The first-order valence-corrected chi connectivity index (χ1v) is 8.43. The third-order valence-electron chi connectivity index (χ3n) is 4.16. The second-order valence-corrected chi connectivity index (χ2v) is 6.25. The maximum atomic E-state index is 12.4.